The maximum Gasteiger partial charge on any atom is 0.331 e. The normalized spacial score (nSPS) is 24.6. The Balaban J connectivity index is 1.74. The van der Waals surface area contributed by atoms with Crippen molar-refractivity contribution in [2.45, 2.75) is 55.6 Å². The average molecular weight is 556 g/mol. The van der Waals surface area contributed by atoms with Crippen molar-refractivity contribution in [2.75, 3.05) is 6.61 Å². The highest BCUT2D eigenvalue weighted by Gasteiger charge is 2.73. The number of amides is 1. The minimum absolute atomic E-state index is 0.0642. The third-order valence-electron chi connectivity index (χ3n) is 6.58. The Morgan fingerprint density at radius 1 is 1.03 bits per heavy atom. The smallest absolute Gasteiger partial charge is 0.331 e. The quantitative estimate of drug-likeness (QED) is 0.158. The van der Waals surface area contributed by atoms with Crippen molar-refractivity contribution in [3.8, 4) is 0 Å². The lowest BCUT2D eigenvalue weighted by molar-refractivity contribution is -0.162. The molecule has 0 spiro atoms. The van der Waals surface area contributed by atoms with Crippen molar-refractivity contribution in [3.63, 3.8) is 0 Å². The maximum absolute atomic E-state index is 13.8. The minimum atomic E-state index is -4.39. The first kappa shape index (κ1) is 28.0. The van der Waals surface area contributed by atoms with E-state index in [1.54, 1.807) is 81.4 Å². The number of ether oxygens (including phenoxy) is 3. The summed E-state index contributed by atoms with van der Waals surface area (Å²) in [6, 6.07) is 16.0. The van der Waals surface area contributed by atoms with Crippen LogP contribution < -0.4 is 0 Å². The van der Waals surface area contributed by atoms with Crippen molar-refractivity contribution in [2.24, 2.45) is 0 Å². The van der Waals surface area contributed by atoms with Gasteiger partial charge in [0.2, 0.25) is 0 Å². The average Bonchev–Trinajstić information content (AvgIpc) is 3.05. The van der Waals surface area contributed by atoms with E-state index in [1.807, 2.05) is 0 Å². The van der Waals surface area contributed by atoms with Gasteiger partial charge in [-0.3, -0.25) is 9.59 Å². The van der Waals surface area contributed by atoms with Gasteiger partial charge in [0.1, 0.15) is 17.0 Å². The molecule has 3 atom stereocenters. The Morgan fingerprint density at radius 3 is 2.05 bits per heavy atom. The van der Waals surface area contributed by atoms with Crippen molar-refractivity contribution in [1.29, 1.82) is 0 Å². The summed E-state index contributed by atoms with van der Waals surface area (Å²) in [7, 11) is -4.39. The number of esters is 2. The molecule has 2 saturated heterocycles. The summed E-state index contributed by atoms with van der Waals surface area (Å²) in [6.07, 6.45) is -0.0800. The summed E-state index contributed by atoms with van der Waals surface area (Å²) in [5.41, 5.74) is 0.0404. The summed E-state index contributed by atoms with van der Waals surface area (Å²) in [6.45, 7) is 5.45. The molecule has 2 fully saturated rings. The van der Waals surface area contributed by atoms with Gasteiger partial charge in [-0.15, -0.1) is 0 Å². The number of nitrogens with zero attached hydrogens (tertiary/aromatic N) is 1. The summed E-state index contributed by atoms with van der Waals surface area (Å²) in [5, 5.41) is -1.61. The van der Waals surface area contributed by atoms with E-state index in [2.05, 4.69) is 0 Å². The van der Waals surface area contributed by atoms with Crippen molar-refractivity contribution < 1.29 is 41.8 Å². The van der Waals surface area contributed by atoms with Crippen LogP contribution in [0.25, 0.3) is 0 Å². The molecular weight excluding hydrogens is 526 g/mol. The van der Waals surface area contributed by atoms with Gasteiger partial charge in [-0.2, -0.15) is 0 Å². The molecule has 2 heterocycles. The number of hydrogen-bond acceptors (Lipinski definition) is 9. The van der Waals surface area contributed by atoms with Gasteiger partial charge >= 0.3 is 11.9 Å². The van der Waals surface area contributed by atoms with E-state index in [9.17, 15) is 27.6 Å². The number of benzene rings is 2. The second-order valence-electron chi connectivity index (χ2n) is 10.5. The van der Waals surface area contributed by atoms with Gasteiger partial charge in [0.15, 0.2) is 27.4 Å². The molecule has 0 saturated carbocycles. The zero-order chi connectivity index (χ0) is 28.6. The maximum atomic E-state index is 13.8. The fraction of sp³-hybridized carbons (Fsp3) is 0.357. The van der Waals surface area contributed by atoms with Crippen LogP contribution in [0.4, 0.5) is 0 Å². The molecule has 2 aliphatic heterocycles. The topological polar surface area (TPSA) is 133 Å². The molecule has 0 N–H and O–H groups in total. The predicted molar refractivity (Wildman–Crippen MR) is 139 cm³/mol. The number of carbonyl (C=O) groups is 4. The monoisotopic (exact) mass is 555 g/mol. The Bertz CT molecular complexity index is 1370. The molecule has 0 aromatic heterocycles. The molecule has 11 heteroatoms. The predicted octanol–water partition coefficient (Wildman–Crippen LogP) is 2.48. The highest BCUT2D eigenvalue weighted by molar-refractivity contribution is 7.94. The van der Waals surface area contributed by atoms with Crippen LogP contribution in [0, 0.1) is 0 Å². The summed E-state index contributed by atoms with van der Waals surface area (Å²) in [5.74, 6) is -2.73. The lowest BCUT2D eigenvalue weighted by atomic mass is 9.94. The Labute approximate surface area is 226 Å². The Hall–Kier alpha value is -3.99. The molecular formula is C28H29NO9S. The SMILES string of the molecule is CC(C)(C)OC(=O)/C=C1/C(=O)N2C1S(=O)(=O)[C@@](C)(COC=O)[C@@H]2C(=O)OC(c1ccccc1)c1ccccc1. The van der Waals surface area contributed by atoms with E-state index >= 15 is 0 Å². The number of hydrogen-bond donors (Lipinski definition) is 0. The lowest BCUT2D eigenvalue weighted by Gasteiger charge is -2.39. The van der Waals surface area contributed by atoms with Gasteiger partial charge in [-0.05, 0) is 38.8 Å². The van der Waals surface area contributed by atoms with Crippen LogP contribution in [-0.4, -0.2) is 66.0 Å². The molecule has 1 unspecified atom stereocenters. The summed E-state index contributed by atoms with van der Waals surface area (Å²) >= 11 is 0. The van der Waals surface area contributed by atoms with E-state index in [0.29, 0.717) is 11.1 Å². The molecule has 39 heavy (non-hydrogen) atoms. The minimum Gasteiger partial charge on any atom is -0.466 e. The fourth-order valence-electron chi connectivity index (χ4n) is 4.80. The zero-order valence-electron chi connectivity index (χ0n) is 21.9. The van der Waals surface area contributed by atoms with Crippen molar-refractivity contribution in [1.82, 2.24) is 4.90 Å². The Morgan fingerprint density at radius 2 is 1.56 bits per heavy atom. The fourth-order valence-corrected chi connectivity index (χ4v) is 7.08. The van der Waals surface area contributed by atoms with E-state index in [0.717, 1.165) is 11.0 Å². The van der Waals surface area contributed by atoms with E-state index in [-0.39, 0.29) is 12.0 Å². The van der Waals surface area contributed by atoms with E-state index < -0.39 is 62.2 Å². The van der Waals surface area contributed by atoms with Gasteiger partial charge in [0.05, 0.1) is 5.57 Å². The first-order chi connectivity index (χ1) is 18.3. The van der Waals surface area contributed by atoms with Crippen molar-refractivity contribution in [3.05, 3.63) is 83.4 Å². The molecule has 1 amide bonds. The third-order valence-corrected chi connectivity index (χ3v) is 9.29. The largest absolute Gasteiger partial charge is 0.466 e. The van der Waals surface area contributed by atoms with Gasteiger partial charge in [0.25, 0.3) is 12.4 Å². The molecule has 206 valence electrons. The number of fused-ring (bicyclic) bond motifs is 1. The van der Waals surface area contributed by atoms with Crippen LogP contribution in [0.1, 0.15) is 44.9 Å². The van der Waals surface area contributed by atoms with E-state index in [1.165, 1.54) is 6.92 Å². The first-order valence-corrected chi connectivity index (χ1v) is 13.7. The van der Waals surface area contributed by atoms with Crippen LogP contribution >= 0.6 is 0 Å². The first-order valence-electron chi connectivity index (χ1n) is 12.2. The molecule has 0 aliphatic carbocycles. The molecule has 2 aromatic carbocycles. The number of β-lactam (4-membered cyclic amide) rings is 1. The standard InChI is InChI=1S/C28H29NO9S/c1-27(2,3)38-21(31)15-20-24(32)29-23(28(4,16-36-17-30)39(34,35)25(20)29)26(33)37-22(18-11-7-5-8-12-18)19-13-9-6-10-14-19/h5-15,17,22-23,25H,16H2,1-4H3/b20-15-/t23-,25?,28-/m0/s1. The van der Waals surface area contributed by atoms with Gasteiger partial charge < -0.3 is 19.1 Å². The van der Waals surface area contributed by atoms with Crippen LogP contribution in [0.15, 0.2) is 72.3 Å². The molecule has 0 bridgehead atoms. The number of carbonyl (C=O) groups excluding carboxylic acids is 4. The van der Waals surface area contributed by atoms with Gasteiger partial charge in [-0.1, -0.05) is 60.7 Å². The molecule has 4 rings (SSSR count). The van der Waals surface area contributed by atoms with Crippen LogP contribution in [0.3, 0.4) is 0 Å². The van der Waals surface area contributed by atoms with Crippen molar-refractivity contribution >= 4 is 34.2 Å². The highest BCUT2D eigenvalue weighted by atomic mass is 32.2. The molecule has 2 aliphatic rings. The van der Waals surface area contributed by atoms with Gasteiger partial charge in [-0.25, -0.2) is 18.0 Å². The zero-order valence-corrected chi connectivity index (χ0v) is 22.7. The van der Waals surface area contributed by atoms with E-state index in [4.69, 9.17) is 14.2 Å². The van der Waals surface area contributed by atoms with Crippen LogP contribution in [-0.2, 0) is 43.2 Å². The molecule has 10 nitrogen and oxygen atoms in total. The molecule has 2 aromatic rings. The summed E-state index contributed by atoms with van der Waals surface area (Å²) < 4.78 is 41.4. The van der Waals surface area contributed by atoms with Crippen LogP contribution in [0.5, 0.6) is 0 Å². The Kier molecular flexibility index (Phi) is 7.40. The number of rotatable bonds is 8. The number of sulfone groups is 1. The van der Waals surface area contributed by atoms with Gasteiger partial charge in [0, 0.05) is 6.08 Å². The lowest BCUT2D eigenvalue weighted by Crippen LogP contribution is -2.60. The highest BCUT2D eigenvalue weighted by Crippen LogP contribution is 2.49. The third kappa shape index (κ3) is 5.06. The second-order valence-corrected chi connectivity index (χ2v) is 13.0. The molecule has 0 radical (unpaired) electrons. The second kappa shape index (κ2) is 10.3. The van der Waals surface area contributed by atoms with Crippen LogP contribution in [0.2, 0.25) is 0 Å². The summed E-state index contributed by atoms with van der Waals surface area (Å²) in [4.78, 5) is 51.3.